The lowest BCUT2D eigenvalue weighted by molar-refractivity contribution is 0.171. The Morgan fingerprint density at radius 2 is 1.79 bits per heavy atom. The first-order valence-electron chi connectivity index (χ1n) is 6.16. The van der Waals surface area contributed by atoms with Gasteiger partial charge in [0.15, 0.2) is 11.5 Å². The first-order valence-corrected chi connectivity index (χ1v) is 6.54. The third-order valence-electron chi connectivity index (χ3n) is 3.15. The van der Waals surface area contributed by atoms with E-state index in [0.29, 0.717) is 24.8 Å². The van der Waals surface area contributed by atoms with Crippen molar-refractivity contribution in [1.82, 2.24) is 0 Å². The summed E-state index contributed by atoms with van der Waals surface area (Å²) in [5, 5.41) is 0.696. The zero-order valence-electron chi connectivity index (χ0n) is 10.4. The molecule has 1 heterocycles. The molecular formula is C15H14ClNO2. The molecule has 0 spiro atoms. The van der Waals surface area contributed by atoms with Gasteiger partial charge in [-0.2, -0.15) is 0 Å². The van der Waals surface area contributed by atoms with Crippen molar-refractivity contribution in [3.8, 4) is 22.6 Å². The van der Waals surface area contributed by atoms with E-state index in [-0.39, 0.29) is 0 Å². The summed E-state index contributed by atoms with van der Waals surface area (Å²) in [6.45, 7) is 1.65. The molecule has 19 heavy (non-hydrogen) atoms. The average molecular weight is 276 g/mol. The highest BCUT2D eigenvalue weighted by Gasteiger charge is 2.13. The van der Waals surface area contributed by atoms with Crippen molar-refractivity contribution >= 4 is 11.6 Å². The molecule has 0 atom stereocenters. The molecular weight excluding hydrogens is 262 g/mol. The van der Waals surface area contributed by atoms with Crippen molar-refractivity contribution in [1.29, 1.82) is 0 Å². The van der Waals surface area contributed by atoms with E-state index in [1.165, 1.54) is 0 Å². The summed E-state index contributed by atoms with van der Waals surface area (Å²) in [5.41, 5.74) is 8.90. The van der Waals surface area contributed by atoms with E-state index in [1.807, 2.05) is 36.4 Å². The Hall–Kier alpha value is -1.71. The van der Waals surface area contributed by atoms with Gasteiger partial charge in [-0.15, -0.1) is 0 Å². The Balaban J connectivity index is 2.09. The largest absolute Gasteiger partial charge is 0.486 e. The SMILES string of the molecule is NCc1ccc(Cl)cc1-c1ccc2c(c1)OCCO2. The highest BCUT2D eigenvalue weighted by atomic mass is 35.5. The number of benzene rings is 2. The Morgan fingerprint density at radius 1 is 1.00 bits per heavy atom. The van der Waals surface area contributed by atoms with Crippen LogP contribution < -0.4 is 15.2 Å². The number of fused-ring (bicyclic) bond motifs is 1. The van der Waals surface area contributed by atoms with E-state index < -0.39 is 0 Å². The lowest BCUT2D eigenvalue weighted by Gasteiger charge is -2.19. The van der Waals surface area contributed by atoms with Gasteiger partial charge >= 0.3 is 0 Å². The molecule has 2 N–H and O–H groups in total. The summed E-state index contributed by atoms with van der Waals surface area (Å²) >= 11 is 6.07. The van der Waals surface area contributed by atoms with Crippen molar-refractivity contribution in [2.75, 3.05) is 13.2 Å². The number of hydrogen-bond donors (Lipinski definition) is 1. The van der Waals surface area contributed by atoms with Crippen molar-refractivity contribution in [2.24, 2.45) is 5.73 Å². The fraction of sp³-hybridized carbons (Fsp3) is 0.200. The van der Waals surface area contributed by atoms with Gasteiger partial charge in [-0.1, -0.05) is 23.7 Å². The molecule has 1 aliphatic heterocycles. The molecule has 1 aliphatic rings. The third-order valence-corrected chi connectivity index (χ3v) is 3.38. The third kappa shape index (κ3) is 2.39. The maximum atomic E-state index is 6.07. The molecule has 3 nitrogen and oxygen atoms in total. The van der Waals surface area contributed by atoms with Crippen LogP contribution in [0.4, 0.5) is 0 Å². The summed E-state index contributed by atoms with van der Waals surface area (Å²) in [4.78, 5) is 0. The van der Waals surface area contributed by atoms with E-state index in [9.17, 15) is 0 Å². The topological polar surface area (TPSA) is 44.5 Å². The van der Waals surface area contributed by atoms with Gasteiger partial charge in [0, 0.05) is 11.6 Å². The van der Waals surface area contributed by atoms with Crippen LogP contribution in [0.2, 0.25) is 5.02 Å². The second-order valence-corrected chi connectivity index (χ2v) is 4.80. The normalized spacial score (nSPS) is 13.4. The van der Waals surface area contributed by atoms with Crippen molar-refractivity contribution < 1.29 is 9.47 Å². The molecule has 0 radical (unpaired) electrons. The van der Waals surface area contributed by atoms with Gasteiger partial charge in [0.05, 0.1) is 0 Å². The van der Waals surface area contributed by atoms with Crippen LogP contribution in [0.25, 0.3) is 11.1 Å². The number of ether oxygens (including phenoxy) is 2. The monoisotopic (exact) mass is 275 g/mol. The van der Waals surface area contributed by atoms with Gasteiger partial charge in [-0.3, -0.25) is 0 Å². The predicted octanol–water partition coefficient (Wildman–Crippen LogP) is 3.24. The highest BCUT2D eigenvalue weighted by Crippen LogP contribution is 2.36. The molecule has 0 saturated carbocycles. The maximum absolute atomic E-state index is 6.07. The molecule has 0 saturated heterocycles. The standard InChI is InChI=1S/C15H14ClNO2/c16-12-3-1-11(9-17)13(8-12)10-2-4-14-15(7-10)19-6-5-18-14/h1-4,7-8H,5-6,9,17H2. The molecule has 0 aliphatic carbocycles. The van der Waals surface area contributed by atoms with Crippen LogP contribution in [-0.4, -0.2) is 13.2 Å². The van der Waals surface area contributed by atoms with Crippen LogP contribution in [0.1, 0.15) is 5.56 Å². The lowest BCUT2D eigenvalue weighted by atomic mass is 9.99. The average Bonchev–Trinajstić information content (AvgIpc) is 2.46. The molecule has 0 aromatic heterocycles. The van der Waals surface area contributed by atoms with Crippen LogP contribution in [0.5, 0.6) is 11.5 Å². The van der Waals surface area contributed by atoms with E-state index >= 15 is 0 Å². The van der Waals surface area contributed by atoms with Gasteiger partial charge in [-0.25, -0.2) is 0 Å². The Morgan fingerprint density at radius 3 is 2.58 bits per heavy atom. The van der Waals surface area contributed by atoms with Crippen molar-refractivity contribution in [3.63, 3.8) is 0 Å². The van der Waals surface area contributed by atoms with Crippen LogP contribution >= 0.6 is 11.6 Å². The summed E-state index contributed by atoms with van der Waals surface area (Å²) in [5.74, 6) is 1.55. The minimum absolute atomic E-state index is 0.473. The van der Waals surface area contributed by atoms with Crippen molar-refractivity contribution in [3.05, 3.63) is 47.0 Å². The first kappa shape index (κ1) is 12.3. The lowest BCUT2D eigenvalue weighted by Crippen LogP contribution is -2.15. The van der Waals surface area contributed by atoms with Crippen LogP contribution in [0, 0.1) is 0 Å². The fourth-order valence-electron chi connectivity index (χ4n) is 2.21. The minimum atomic E-state index is 0.473. The second-order valence-electron chi connectivity index (χ2n) is 4.36. The Bertz CT molecular complexity index is 613. The van der Waals surface area contributed by atoms with Crippen LogP contribution in [0.15, 0.2) is 36.4 Å². The second kappa shape index (κ2) is 5.11. The maximum Gasteiger partial charge on any atom is 0.161 e. The zero-order chi connectivity index (χ0) is 13.2. The molecule has 0 unspecified atom stereocenters. The highest BCUT2D eigenvalue weighted by molar-refractivity contribution is 6.30. The van der Waals surface area contributed by atoms with Gasteiger partial charge in [0.1, 0.15) is 13.2 Å². The van der Waals surface area contributed by atoms with Gasteiger partial charge < -0.3 is 15.2 Å². The fourth-order valence-corrected chi connectivity index (χ4v) is 2.38. The quantitative estimate of drug-likeness (QED) is 0.915. The summed E-state index contributed by atoms with van der Waals surface area (Å²) < 4.78 is 11.1. The van der Waals surface area contributed by atoms with E-state index in [1.54, 1.807) is 0 Å². The van der Waals surface area contributed by atoms with E-state index in [0.717, 1.165) is 28.2 Å². The molecule has 2 aromatic rings. The summed E-state index contributed by atoms with van der Waals surface area (Å²) in [7, 11) is 0. The molecule has 2 aromatic carbocycles. The first-order chi connectivity index (χ1) is 9.28. The predicted molar refractivity (Wildman–Crippen MR) is 75.8 cm³/mol. The minimum Gasteiger partial charge on any atom is -0.486 e. The number of hydrogen-bond acceptors (Lipinski definition) is 3. The van der Waals surface area contributed by atoms with Gasteiger partial charge in [0.2, 0.25) is 0 Å². The van der Waals surface area contributed by atoms with E-state index in [4.69, 9.17) is 26.8 Å². The Kier molecular flexibility index (Phi) is 3.32. The van der Waals surface area contributed by atoms with E-state index in [2.05, 4.69) is 0 Å². The van der Waals surface area contributed by atoms with Crippen LogP contribution in [0.3, 0.4) is 0 Å². The van der Waals surface area contributed by atoms with Gasteiger partial charge in [0.25, 0.3) is 0 Å². The molecule has 98 valence electrons. The molecule has 0 fully saturated rings. The smallest absolute Gasteiger partial charge is 0.161 e. The summed E-state index contributed by atoms with van der Waals surface area (Å²) in [6.07, 6.45) is 0. The number of rotatable bonds is 2. The Labute approximate surface area is 116 Å². The molecule has 3 rings (SSSR count). The van der Waals surface area contributed by atoms with Gasteiger partial charge in [-0.05, 0) is 41.0 Å². The molecule has 0 bridgehead atoms. The van der Waals surface area contributed by atoms with Crippen molar-refractivity contribution in [2.45, 2.75) is 6.54 Å². The summed E-state index contributed by atoms with van der Waals surface area (Å²) in [6, 6.07) is 11.6. The van der Waals surface area contributed by atoms with Crippen LogP contribution in [-0.2, 0) is 6.54 Å². The molecule has 4 heteroatoms. The molecule has 0 amide bonds. The number of nitrogens with two attached hydrogens (primary N) is 1. The number of halogens is 1. The zero-order valence-corrected chi connectivity index (χ0v) is 11.1.